The summed E-state index contributed by atoms with van der Waals surface area (Å²) in [6.07, 6.45) is 4.26. The van der Waals surface area contributed by atoms with Crippen molar-refractivity contribution in [3.63, 3.8) is 0 Å². The van der Waals surface area contributed by atoms with Crippen molar-refractivity contribution in [2.45, 2.75) is 26.3 Å². The zero-order valence-corrected chi connectivity index (χ0v) is 6.91. The molecule has 0 radical (unpaired) electrons. The molecule has 1 aromatic heterocycles. The Hall–Kier alpha value is -0.960. The fourth-order valence-electron chi connectivity index (χ4n) is 0.985. The van der Waals surface area contributed by atoms with E-state index in [9.17, 15) is 0 Å². The van der Waals surface area contributed by atoms with Crippen molar-refractivity contribution in [3.8, 4) is 0 Å². The number of hydrogen-bond donors (Lipinski definition) is 1. The highest BCUT2D eigenvalue weighted by atomic mass is 14.8. The van der Waals surface area contributed by atoms with Gasteiger partial charge in [0.25, 0.3) is 0 Å². The average molecular weight is 151 g/mol. The Morgan fingerprint density at radius 1 is 1.64 bits per heavy atom. The molecule has 0 spiro atoms. The molecule has 0 amide bonds. The summed E-state index contributed by atoms with van der Waals surface area (Å²) in [4.78, 5) is 7.98. The summed E-state index contributed by atoms with van der Waals surface area (Å²) in [5, 5.41) is 0. The van der Waals surface area contributed by atoms with E-state index >= 15 is 0 Å². The average Bonchev–Trinajstić information content (AvgIpc) is 2.04. The van der Waals surface area contributed by atoms with E-state index in [1.54, 1.807) is 12.5 Å². The van der Waals surface area contributed by atoms with E-state index < -0.39 is 0 Å². The van der Waals surface area contributed by atoms with E-state index in [1.165, 1.54) is 0 Å². The minimum atomic E-state index is 0.0798. The Labute approximate surface area is 66.7 Å². The molecule has 1 aromatic rings. The van der Waals surface area contributed by atoms with Crippen LogP contribution in [0.5, 0.6) is 0 Å². The third-order valence-electron chi connectivity index (χ3n) is 1.79. The highest BCUT2D eigenvalue weighted by molar-refractivity contribution is 5.17. The lowest BCUT2D eigenvalue weighted by Gasteiger charge is -2.09. The molecular formula is C8H13N3. The summed E-state index contributed by atoms with van der Waals surface area (Å²) in [5.74, 6) is 0. The second-order valence-electron chi connectivity index (χ2n) is 2.58. The molecular weight excluding hydrogens is 138 g/mol. The molecule has 0 fully saturated rings. The van der Waals surface area contributed by atoms with E-state index in [1.807, 2.05) is 6.92 Å². The van der Waals surface area contributed by atoms with Crippen molar-refractivity contribution >= 4 is 0 Å². The van der Waals surface area contributed by atoms with Crippen LogP contribution >= 0.6 is 0 Å². The first kappa shape index (κ1) is 8.14. The number of aromatic nitrogens is 2. The minimum absolute atomic E-state index is 0.0798. The van der Waals surface area contributed by atoms with Crippen molar-refractivity contribution in [2.75, 3.05) is 0 Å². The topological polar surface area (TPSA) is 51.8 Å². The van der Waals surface area contributed by atoms with E-state index in [-0.39, 0.29) is 6.04 Å². The van der Waals surface area contributed by atoms with Gasteiger partial charge in [-0.2, -0.15) is 0 Å². The Morgan fingerprint density at radius 2 is 2.36 bits per heavy atom. The zero-order valence-electron chi connectivity index (χ0n) is 6.91. The number of nitrogens with zero attached hydrogens (tertiary/aromatic N) is 2. The molecule has 60 valence electrons. The minimum Gasteiger partial charge on any atom is -0.324 e. The van der Waals surface area contributed by atoms with Gasteiger partial charge in [-0.15, -0.1) is 0 Å². The highest BCUT2D eigenvalue weighted by Crippen LogP contribution is 2.13. The Morgan fingerprint density at radius 3 is 2.91 bits per heavy atom. The second-order valence-corrected chi connectivity index (χ2v) is 2.58. The predicted molar refractivity (Wildman–Crippen MR) is 44.0 cm³/mol. The monoisotopic (exact) mass is 151 g/mol. The highest BCUT2D eigenvalue weighted by Gasteiger charge is 2.06. The summed E-state index contributed by atoms with van der Waals surface area (Å²) >= 11 is 0. The van der Waals surface area contributed by atoms with Crippen LogP contribution in [0.3, 0.4) is 0 Å². The molecule has 0 aromatic carbocycles. The molecule has 0 unspecified atom stereocenters. The van der Waals surface area contributed by atoms with Crippen LogP contribution in [-0.4, -0.2) is 9.97 Å². The van der Waals surface area contributed by atoms with E-state index in [4.69, 9.17) is 5.73 Å². The molecule has 0 aliphatic heterocycles. The first-order valence-corrected chi connectivity index (χ1v) is 3.77. The van der Waals surface area contributed by atoms with Crippen LogP contribution in [-0.2, 0) is 0 Å². The molecule has 0 aliphatic rings. The SMILES string of the molecule is CC[C@@H](N)c1cncnc1C. The third-order valence-corrected chi connectivity index (χ3v) is 1.79. The van der Waals surface area contributed by atoms with Gasteiger partial charge in [0.1, 0.15) is 6.33 Å². The van der Waals surface area contributed by atoms with E-state index in [2.05, 4.69) is 16.9 Å². The summed E-state index contributed by atoms with van der Waals surface area (Å²) < 4.78 is 0. The van der Waals surface area contributed by atoms with E-state index in [0.717, 1.165) is 17.7 Å². The Kier molecular flexibility index (Phi) is 2.54. The standard InChI is InChI=1S/C8H13N3/c1-3-8(9)7-4-10-5-11-6(7)2/h4-5,8H,3,9H2,1-2H3/t8-/m1/s1. The number of hydrogen-bond acceptors (Lipinski definition) is 3. The van der Waals surface area contributed by atoms with Crippen LogP contribution < -0.4 is 5.73 Å². The van der Waals surface area contributed by atoms with Gasteiger partial charge in [-0.3, -0.25) is 0 Å². The van der Waals surface area contributed by atoms with Gasteiger partial charge >= 0.3 is 0 Å². The van der Waals surface area contributed by atoms with Gasteiger partial charge in [-0.1, -0.05) is 6.92 Å². The molecule has 1 atom stereocenters. The van der Waals surface area contributed by atoms with Gasteiger partial charge in [0, 0.05) is 23.5 Å². The van der Waals surface area contributed by atoms with Gasteiger partial charge < -0.3 is 5.73 Å². The molecule has 0 aliphatic carbocycles. The maximum Gasteiger partial charge on any atom is 0.115 e. The summed E-state index contributed by atoms with van der Waals surface area (Å²) in [7, 11) is 0. The first-order chi connectivity index (χ1) is 5.25. The lowest BCUT2D eigenvalue weighted by molar-refractivity contribution is 0.683. The molecule has 0 saturated carbocycles. The van der Waals surface area contributed by atoms with Gasteiger partial charge in [-0.05, 0) is 13.3 Å². The Balaban J connectivity index is 2.93. The van der Waals surface area contributed by atoms with Crippen molar-refractivity contribution < 1.29 is 0 Å². The zero-order chi connectivity index (χ0) is 8.27. The van der Waals surface area contributed by atoms with Crippen LogP contribution in [0, 0.1) is 6.92 Å². The normalized spacial score (nSPS) is 13.0. The molecule has 0 bridgehead atoms. The molecule has 3 nitrogen and oxygen atoms in total. The van der Waals surface area contributed by atoms with Crippen molar-refractivity contribution in [1.82, 2.24) is 9.97 Å². The van der Waals surface area contributed by atoms with Crippen LogP contribution in [0.1, 0.15) is 30.6 Å². The van der Waals surface area contributed by atoms with Crippen LogP contribution in [0.4, 0.5) is 0 Å². The lowest BCUT2D eigenvalue weighted by Crippen LogP contribution is -2.11. The first-order valence-electron chi connectivity index (χ1n) is 3.77. The van der Waals surface area contributed by atoms with Crippen molar-refractivity contribution in [1.29, 1.82) is 0 Å². The van der Waals surface area contributed by atoms with Gasteiger partial charge in [-0.25, -0.2) is 9.97 Å². The van der Waals surface area contributed by atoms with Gasteiger partial charge in [0.15, 0.2) is 0 Å². The van der Waals surface area contributed by atoms with Crippen LogP contribution in [0.25, 0.3) is 0 Å². The second kappa shape index (κ2) is 3.44. The number of rotatable bonds is 2. The predicted octanol–water partition coefficient (Wildman–Crippen LogP) is 1.19. The maximum atomic E-state index is 5.82. The fraction of sp³-hybridized carbons (Fsp3) is 0.500. The molecule has 0 saturated heterocycles. The van der Waals surface area contributed by atoms with Gasteiger partial charge in [0.2, 0.25) is 0 Å². The fourth-order valence-corrected chi connectivity index (χ4v) is 0.985. The smallest absolute Gasteiger partial charge is 0.115 e. The van der Waals surface area contributed by atoms with Crippen molar-refractivity contribution in [3.05, 3.63) is 23.8 Å². The molecule has 2 N–H and O–H groups in total. The molecule has 11 heavy (non-hydrogen) atoms. The lowest BCUT2D eigenvalue weighted by atomic mass is 10.1. The molecule has 1 heterocycles. The summed E-state index contributed by atoms with van der Waals surface area (Å²) in [6, 6.07) is 0.0798. The number of nitrogens with two attached hydrogens (primary N) is 1. The van der Waals surface area contributed by atoms with E-state index in [0.29, 0.717) is 0 Å². The summed E-state index contributed by atoms with van der Waals surface area (Å²) in [5.41, 5.74) is 7.85. The maximum absolute atomic E-state index is 5.82. The molecule has 3 heteroatoms. The largest absolute Gasteiger partial charge is 0.324 e. The van der Waals surface area contributed by atoms with Gasteiger partial charge in [0.05, 0.1) is 0 Å². The van der Waals surface area contributed by atoms with Crippen LogP contribution in [0.2, 0.25) is 0 Å². The molecule has 1 rings (SSSR count). The quantitative estimate of drug-likeness (QED) is 0.690. The van der Waals surface area contributed by atoms with Crippen molar-refractivity contribution in [2.24, 2.45) is 5.73 Å². The van der Waals surface area contributed by atoms with Crippen LogP contribution in [0.15, 0.2) is 12.5 Å². The summed E-state index contributed by atoms with van der Waals surface area (Å²) in [6.45, 7) is 4.00. The Bertz CT molecular complexity index is 235. The number of aryl methyl sites for hydroxylation is 1. The third kappa shape index (κ3) is 1.74.